The minimum absolute atomic E-state index is 0.0748. The molecule has 0 unspecified atom stereocenters. The van der Waals surface area contributed by atoms with Gasteiger partial charge < -0.3 is 9.63 Å². The summed E-state index contributed by atoms with van der Waals surface area (Å²) in [6, 6.07) is 7.09. The Morgan fingerprint density at radius 3 is 2.65 bits per heavy atom. The van der Waals surface area contributed by atoms with Crippen LogP contribution in [0.25, 0.3) is 0 Å². The van der Waals surface area contributed by atoms with E-state index in [1.54, 1.807) is 6.92 Å². The van der Waals surface area contributed by atoms with Gasteiger partial charge in [0.15, 0.2) is 5.82 Å². The van der Waals surface area contributed by atoms with Crippen LogP contribution in [0.15, 0.2) is 39.8 Å². The van der Waals surface area contributed by atoms with Gasteiger partial charge in [0.2, 0.25) is 0 Å². The van der Waals surface area contributed by atoms with Gasteiger partial charge in [-0.1, -0.05) is 17.3 Å². The van der Waals surface area contributed by atoms with Crippen LogP contribution in [-0.4, -0.2) is 18.7 Å². The second kappa shape index (κ2) is 4.10. The van der Waals surface area contributed by atoms with Gasteiger partial charge in [-0.2, -0.15) is 0 Å². The molecular formula is C10H10N2O4S. The summed E-state index contributed by atoms with van der Waals surface area (Å²) >= 11 is 0. The Labute approximate surface area is 97.9 Å². The molecule has 0 fully saturated rings. The molecule has 0 spiro atoms. The van der Waals surface area contributed by atoms with Crippen molar-refractivity contribution in [2.24, 2.45) is 0 Å². The fourth-order valence-corrected chi connectivity index (χ4v) is 2.37. The third kappa shape index (κ3) is 2.39. The van der Waals surface area contributed by atoms with Gasteiger partial charge in [0.05, 0.1) is 0 Å². The lowest BCUT2D eigenvalue weighted by atomic mass is 10.3. The van der Waals surface area contributed by atoms with Crippen molar-refractivity contribution in [2.45, 2.75) is 11.8 Å². The van der Waals surface area contributed by atoms with Gasteiger partial charge in [0, 0.05) is 6.07 Å². The molecule has 17 heavy (non-hydrogen) atoms. The predicted molar refractivity (Wildman–Crippen MR) is 60.2 cm³/mol. The van der Waals surface area contributed by atoms with Crippen LogP contribution < -0.4 is 4.72 Å². The van der Waals surface area contributed by atoms with E-state index in [0.29, 0.717) is 5.76 Å². The summed E-state index contributed by atoms with van der Waals surface area (Å²) in [5.41, 5.74) is 0. The number of hydrogen-bond donors (Lipinski definition) is 2. The summed E-state index contributed by atoms with van der Waals surface area (Å²) in [6.45, 7) is 1.64. The first-order chi connectivity index (χ1) is 7.99. The third-order valence-electron chi connectivity index (χ3n) is 2.02. The smallest absolute Gasteiger partial charge is 0.266 e. The summed E-state index contributed by atoms with van der Waals surface area (Å²) in [5.74, 6) is 0.242. The number of phenolic OH excluding ortho intramolecular Hbond substituents is 1. The summed E-state index contributed by atoms with van der Waals surface area (Å²) in [5, 5.41) is 13.0. The van der Waals surface area contributed by atoms with Crippen LogP contribution in [0.1, 0.15) is 5.76 Å². The maximum atomic E-state index is 11.9. The number of aromatic nitrogens is 1. The molecule has 0 amide bonds. The van der Waals surface area contributed by atoms with Gasteiger partial charge in [-0.3, -0.25) is 4.72 Å². The largest absolute Gasteiger partial charge is 0.507 e. The van der Waals surface area contributed by atoms with Crippen molar-refractivity contribution in [1.29, 1.82) is 0 Å². The molecule has 0 aliphatic carbocycles. The Bertz CT molecular complexity index is 633. The SMILES string of the molecule is Cc1cc(NS(=O)(=O)c2ccccc2O)no1. The van der Waals surface area contributed by atoms with Crippen molar-refractivity contribution >= 4 is 15.8 Å². The summed E-state index contributed by atoms with van der Waals surface area (Å²) in [4.78, 5) is -0.208. The van der Waals surface area contributed by atoms with Crippen LogP contribution in [-0.2, 0) is 10.0 Å². The van der Waals surface area contributed by atoms with Gasteiger partial charge >= 0.3 is 0 Å². The molecule has 2 aromatic rings. The van der Waals surface area contributed by atoms with Crippen molar-refractivity contribution in [3.8, 4) is 5.75 Å². The second-order valence-corrected chi connectivity index (χ2v) is 5.05. The molecule has 1 aromatic carbocycles. The molecule has 90 valence electrons. The van der Waals surface area contributed by atoms with E-state index < -0.39 is 10.0 Å². The Kier molecular flexibility index (Phi) is 2.76. The highest BCUT2D eigenvalue weighted by Crippen LogP contribution is 2.23. The number of aryl methyl sites for hydroxylation is 1. The van der Waals surface area contributed by atoms with Crippen LogP contribution in [0, 0.1) is 6.92 Å². The number of phenols is 1. The van der Waals surface area contributed by atoms with Crippen molar-refractivity contribution < 1.29 is 18.0 Å². The lowest BCUT2D eigenvalue weighted by Gasteiger charge is -2.05. The Hall–Kier alpha value is -2.02. The minimum Gasteiger partial charge on any atom is -0.507 e. The highest BCUT2D eigenvalue weighted by atomic mass is 32.2. The van der Waals surface area contributed by atoms with Gasteiger partial charge in [0.1, 0.15) is 16.4 Å². The first-order valence-corrected chi connectivity index (χ1v) is 6.21. The molecule has 0 radical (unpaired) electrons. The second-order valence-electron chi connectivity index (χ2n) is 3.40. The zero-order valence-corrected chi connectivity index (χ0v) is 9.73. The van der Waals surface area contributed by atoms with Crippen molar-refractivity contribution in [3.63, 3.8) is 0 Å². The van der Waals surface area contributed by atoms with Gasteiger partial charge in [0.25, 0.3) is 10.0 Å². The summed E-state index contributed by atoms with van der Waals surface area (Å²) in [6.07, 6.45) is 0. The number of anilines is 1. The standard InChI is InChI=1S/C10H10N2O4S/c1-7-6-10(11-16-7)12-17(14,15)9-5-3-2-4-8(9)13/h2-6,13H,1H3,(H,11,12). The lowest BCUT2D eigenvalue weighted by Crippen LogP contribution is -2.13. The first-order valence-electron chi connectivity index (χ1n) is 4.73. The number of benzene rings is 1. The van der Waals surface area contributed by atoms with Crippen molar-refractivity contribution in [2.75, 3.05) is 4.72 Å². The van der Waals surface area contributed by atoms with Gasteiger partial charge in [-0.05, 0) is 19.1 Å². The van der Waals surface area contributed by atoms with Crippen molar-refractivity contribution in [3.05, 3.63) is 36.1 Å². The molecule has 0 aliphatic heterocycles. The van der Waals surface area contributed by atoms with E-state index in [1.807, 2.05) is 0 Å². The predicted octanol–water partition coefficient (Wildman–Crippen LogP) is 1.49. The Morgan fingerprint density at radius 1 is 1.35 bits per heavy atom. The molecule has 0 atom stereocenters. The van der Waals surface area contributed by atoms with E-state index in [-0.39, 0.29) is 16.5 Å². The molecular weight excluding hydrogens is 244 g/mol. The van der Waals surface area contributed by atoms with Gasteiger partial charge in [-0.15, -0.1) is 0 Å². The van der Waals surface area contributed by atoms with Crippen LogP contribution in [0.2, 0.25) is 0 Å². The van der Waals surface area contributed by atoms with E-state index >= 15 is 0 Å². The van der Waals surface area contributed by atoms with E-state index in [1.165, 1.54) is 30.3 Å². The number of hydrogen-bond acceptors (Lipinski definition) is 5. The summed E-state index contributed by atoms with van der Waals surface area (Å²) in [7, 11) is -3.85. The molecule has 1 heterocycles. The zero-order chi connectivity index (χ0) is 12.5. The van der Waals surface area contributed by atoms with E-state index in [2.05, 4.69) is 9.88 Å². The number of sulfonamides is 1. The van der Waals surface area contributed by atoms with Crippen LogP contribution >= 0.6 is 0 Å². The number of aromatic hydroxyl groups is 1. The third-order valence-corrected chi connectivity index (χ3v) is 3.42. The molecule has 7 heteroatoms. The number of nitrogens with one attached hydrogen (secondary N) is 1. The first kappa shape index (κ1) is 11.5. The molecule has 6 nitrogen and oxygen atoms in total. The molecule has 2 N–H and O–H groups in total. The van der Waals surface area contributed by atoms with E-state index in [9.17, 15) is 13.5 Å². The minimum atomic E-state index is -3.85. The molecule has 0 saturated carbocycles. The maximum absolute atomic E-state index is 11.9. The molecule has 1 aromatic heterocycles. The number of nitrogens with zero attached hydrogens (tertiary/aromatic N) is 1. The Balaban J connectivity index is 2.35. The topological polar surface area (TPSA) is 92.4 Å². The monoisotopic (exact) mass is 254 g/mol. The normalized spacial score (nSPS) is 11.4. The van der Waals surface area contributed by atoms with E-state index in [0.717, 1.165) is 0 Å². The number of rotatable bonds is 3. The molecule has 0 saturated heterocycles. The van der Waals surface area contributed by atoms with Crippen LogP contribution in [0.5, 0.6) is 5.75 Å². The quantitative estimate of drug-likeness (QED) is 0.865. The molecule has 2 rings (SSSR count). The van der Waals surface area contributed by atoms with Crippen molar-refractivity contribution in [1.82, 2.24) is 5.16 Å². The van der Waals surface area contributed by atoms with Crippen LogP contribution in [0.4, 0.5) is 5.82 Å². The highest BCUT2D eigenvalue weighted by molar-refractivity contribution is 7.92. The maximum Gasteiger partial charge on any atom is 0.266 e. The average Bonchev–Trinajstić information content (AvgIpc) is 2.63. The fraction of sp³-hybridized carbons (Fsp3) is 0.100. The fourth-order valence-electron chi connectivity index (χ4n) is 1.29. The molecule has 0 aliphatic rings. The van der Waals surface area contributed by atoms with Gasteiger partial charge in [-0.25, -0.2) is 8.42 Å². The molecule has 0 bridgehead atoms. The lowest BCUT2D eigenvalue weighted by molar-refractivity contribution is 0.400. The van der Waals surface area contributed by atoms with E-state index in [4.69, 9.17) is 4.52 Å². The average molecular weight is 254 g/mol. The zero-order valence-electron chi connectivity index (χ0n) is 8.91. The van der Waals surface area contributed by atoms with Crippen LogP contribution in [0.3, 0.4) is 0 Å². The Morgan fingerprint density at radius 2 is 2.06 bits per heavy atom. The summed E-state index contributed by atoms with van der Waals surface area (Å²) < 4.78 is 30.7. The highest BCUT2D eigenvalue weighted by Gasteiger charge is 2.19. The number of para-hydroxylation sites is 1.